The van der Waals surface area contributed by atoms with Crippen LogP contribution < -0.4 is 0 Å². The van der Waals surface area contributed by atoms with Crippen molar-refractivity contribution in [3.8, 4) is 0 Å². The van der Waals surface area contributed by atoms with Gasteiger partial charge in [0.25, 0.3) is 0 Å². The highest BCUT2D eigenvalue weighted by Crippen LogP contribution is 2.53. The molecule has 19 heavy (non-hydrogen) atoms. The number of likely N-dealkylation sites (tertiary alicyclic amines) is 1. The third-order valence-corrected chi connectivity index (χ3v) is 5.40. The summed E-state index contributed by atoms with van der Waals surface area (Å²) in [6.45, 7) is 1.66. The molecule has 1 saturated heterocycles. The third-order valence-electron chi connectivity index (χ3n) is 5.40. The van der Waals surface area contributed by atoms with E-state index in [0.29, 0.717) is 5.92 Å². The monoisotopic (exact) mass is 265 g/mol. The Bertz CT molecular complexity index is 374. The maximum atomic E-state index is 12.7. The van der Waals surface area contributed by atoms with Gasteiger partial charge in [0, 0.05) is 13.1 Å². The molecule has 1 heterocycles. The van der Waals surface area contributed by atoms with Crippen LogP contribution in [0.1, 0.15) is 44.9 Å². The molecule has 2 saturated carbocycles. The zero-order chi connectivity index (χ0) is 13.4. The number of hydrogen-bond donors (Lipinski definition) is 1. The topological polar surface area (TPSA) is 57.6 Å². The molecule has 1 amide bonds. The van der Waals surface area contributed by atoms with E-state index in [9.17, 15) is 14.7 Å². The number of hydrogen-bond acceptors (Lipinski definition) is 2. The van der Waals surface area contributed by atoms with Crippen LogP contribution in [0.2, 0.25) is 0 Å². The van der Waals surface area contributed by atoms with Gasteiger partial charge in [-0.05, 0) is 43.9 Å². The van der Waals surface area contributed by atoms with E-state index in [1.165, 1.54) is 12.8 Å². The Morgan fingerprint density at radius 2 is 1.47 bits per heavy atom. The summed E-state index contributed by atoms with van der Waals surface area (Å²) < 4.78 is 0. The standard InChI is InChI=1S/C15H23NO3/c17-14(16-7-3-1-2-4-8-16)12-10-5-6-11(9-10)13(12)15(18)19/h10-13H,1-9H2,(H,18,19)/t10-,11+,12-,13-/m0/s1. The first-order chi connectivity index (χ1) is 9.18. The molecule has 0 spiro atoms. The molecule has 2 aliphatic carbocycles. The van der Waals surface area contributed by atoms with Crippen LogP contribution in [-0.2, 0) is 9.59 Å². The summed E-state index contributed by atoms with van der Waals surface area (Å²) in [6.07, 6.45) is 7.56. The highest BCUT2D eigenvalue weighted by molar-refractivity contribution is 5.86. The maximum Gasteiger partial charge on any atom is 0.307 e. The van der Waals surface area contributed by atoms with Gasteiger partial charge in [-0.3, -0.25) is 9.59 Å². The number of carboxylic acid groups (broad SMARTS) is 1. The first-order valence-electron chi connectivity index (χ1n) is 7.70. The predicted octanol–water partition coefficient (Wildman–Crippen LogP) is 2.14. The second kappa shape index (κ2) is 5.14. The van der Waals surface area contributed by atoms with Crippen molar-refractivity contribution >= 4 is 11.9 Å². The number of carbonyl (C=O) groups is 2. The quantitative estimate of drug-likeness (QED) is 0.832. The van der Waals surface area contributed by atoms with E-state index in [0.717, 1.165) is 45.2 Å². The fourth-order valence-corrected chi connectivity index (χ4v) is 4.50. The van der Waals surface area contributed by atoms with E-state index in [-0.39, 0.29) is 17.7 Å². The SMILES string of the molecule is O=C(O)[C@H]1[C@@H]2CC[C@@H](C2)[C@@H]1C(=O)N1CCCCCC1. The van der Waals surface area contributed by atoms with Crippen molar-refractivity contribution in [1.29, 1.82) is 0 Å². The molecule has 0 unspecified atom stereocenters. The summed E-state index contributed by atoms with van der Waals surface area (Å²) in [4.78, 5) is 26.2. The molecule has 4 nitrogen and oxygen atoms in total. The lowest BCUT2D eigenvalue weighted by atomic mass is 9.78. The number of rotatable bonds is 2. The van der Waals surface area contributed by atoms with Crippen LogP contribution in [0.15, 0.2) is 0 Å². The van der Waals surface area contributed by atoms with Gasteiger partial charge in [-0.1, -0.05) is 12.8 Å². The summed E-state index contributed by atoms with van der Waals surface area (Å²) in [5, 5.41) is 9.44. The highest BCUT2D eigenvalue weighted by atomic mass is 16.4. The average molecular weight is 265 g/mol. The molecular formula is C15H23NO3. The summed E-state index contributed by atoms with van der Waals surface area (Å²) in [5.74, 6) is -0.656. The number of carbonyl (C=O) groups excluding carboxylic acids is 1. The first-order valence-corrected chi connectivity index (χ1v) is 7.70. The fourth-order valence-electron chi connectivity index (χ4n) is 4.50. The summed E-state index contributed by atoms with van der Waals surface area (Å²) in [7, 11) is 0. The van der Waals surface area contributed by atoms with E-state index in [1.54, 1.807) is 0 Å². The van der Waals surface area contributed by atoms with Gasteiger partial charge in [0.05, 0.1) is 11.8 Å². The Morgan fingerprint density at radius 3 is 2.05 bits per heavy atom. The van der Waals surface area contributed by atoms with Crippen molar-refractivity contribution in [3.05, 3.63) is 0 Å². The van der Waals surface area contributed by atoms with Crippen LogP contribution in [0.4, 0.5) is 0 Å². The average Bonchev–Trinajstić information content (AvgIpc) is 2.89. The molecule has 2 bridgehead atoms. The van der Waals surface area contributed by atoms with Gasteiger partial charge >= 0.3 is 5.97 Å². The number of aliphatic carboxylic acids is 1. The van der Waals surface area contributed by atoms with Crippen molar-refractivity contribution in [2.45, 2.75) is 44.9 Å². The molecule has 3 fully saturated rings. The largest absolute Gasteiger partial charge is 0.481 e. The minimum atomic E-state index is -0.750. The molecule has 4 heteroatoms. The van der Waals surface area contributed by atoms with Crippen molar-refractivity contribution < 1.29 is 14.7 Å². The number of carboxylic acids is 1. The summed E-state index contributed by atoms with van der Waals surface area (Å²) >= 11 is 0. The van der Waals surface area contributed by atoms with Crippen LogP contribution in [0, 0.1) is 23.7 Å². The molecular weight excluding hydrogens is 242 g/mol. The van der Waals surface area contributed by atoms with E-state index in [4.69, 9.17) is 0 Å². The minimum Gasteiger partial charge on any atom is -0.481 e. The molecule has 4 atom stereocenters. The van der Waals surface area contributed by atoms with Gasteiger partial charge < -0.3 is 10.0 Å². The zero-order valence-corrected chi connectivity index (χ0v) is 11.4. The summed E-state index contributed by atoms with van der Waals surface area (Å²) in [5.41, 5.74) is 0. The Balaban J connectivity index is 1.76. The van der Waals surface area contributed by atoms with E-state index in [1.807, 2.05) is 4.90 Å². The smallest absolute Gasteiger partial charge is 0.307 e. The Labute approximate surface area is 114 Å². The highest BCUT2D eigenvalue weighted by Gasteiger charge is 2.54. The molecule has 3 rings (SSSR count). The molecule has 0 aromatic carbocycles. The molecule has 0 aromatic heterocycles. The van der Waals surface area contributed by atoms with Crippen LogP contribution in [-0.4, -0.2) is 35.0 Å². The normalized spacial score (nSPS) is 38.2. The molecule has 0 aromatic rings. The van der Waals surface area contributed by atoms with Crippen LogP contribution in [0.25, 0.3) is 0 Å². The Hall–Kier alpha value is -1.06. The second-order valence-corrected chi connectivity index (χ2v) is 6.46. The Morgan fingerprint density at radius 1 is 0.895 bits per heavy atom. The molecule has 3 aliphatic rings. The lowest BCUT2D eigenvalue weighted by Crippen LogP contribution is -2.44. The lowest BCUT2D eigenvalue weighted by Gasteiger charge is -2.32. The van der Waals surface area contributed by atoms with Crippen molar-refractivity contribution in [2.75, 3.05) is 13.1 Å². The van der Waals surface area contributed by atoms with E-state index >= 15 is 0 Å². The van der Waals surface area contributed by atoms with Gasteiger partial charge in [0.1, 0.15) is 0 Å². The van der Waals surface area contributed by atoms with Gasteiger partial charge in [-0.25, -0.2) is 0 Å². The van der Waals surface area contributed by atoms with Crippen LogP contribution in [0.5, 0.6) is 0 Å². The summed E-state index contributed by atoms with van der Waals surface area (Å²) in [6, 6.07) is 0. The number of fused-ring (bicyclic) bond motifs is 2. The second-order valence-electron chi connectivity index (χ2n) is 6.46. The lowest BCUT2D eigenvalue weighted by molar-refractivity contribution is -0.152. The van der Waals surface area contributed by atoms with Gasteiger partial charge in [0.15, 0.2) is 0 Å². The van der Waals surface area contributed by atoms with E-state index < -0.39 is 11.9 Å². The fraction of sp³-hybridized carbons (Fsp3) is 0.867. The zero-order valence-electron chi connectivity index (χ0n) is 11.4. The number of nitrogens with zero attached hydrogens (tertiary/aromatic N) is 1. The van der Waals surface area contributed by atoms with Crippen molar-refractivity contribution in [3.63, 3.8) is 0 Å². The van der Waals surface area contributed by atoms with Gasteiger partial charge in [-0.2, -0.15) is 0 Å². The minimum absolute atomic E-state index is 0.140. The molecule has 106 valence electrons. The Kier molecular flexibility index (Phi) is 3.50. The van der Waals surface area contributed by atoms with Crippen molar-refractivity contribution in [2.24, 2.45) is 23.7 Å². The first kappa shape index (κ1) is 12.9. The number of amides is 1. The van der Waals surface area contributed by atoms with Crippen LogP contribution in [0.3, 0.4) is 0 Å². The van der Waals surface area contributed by atoms with E-state index in [2.05, 4.69) is 0 Å². The van der Waals surface area contributed by atoms with Gasteiger partial charge in [0.2, 0.25) is 5.91 Å². The maximum absolute atomic E-state index is 12.7. The predicted molar refractivity (Wildman–Crippen MR) is 70.5 cm³/mol. The third kappa shape index (κ3) is 2.26. The molecule has 1 N–H and O–H groups in total. The molecule has 0 radical (unpaired) electrons. The van der Waals surface area contributed by atoms with Gasteiger partial charge in [-0.15, -0.1) is 0 Å². The van der Waals surface area contributed by atoms with Crippen LogP contribution >= 0.6 is 0 Å². The van der Waals surface area contributed by atoms with Crippen molar-refractivity contribution in [1.82, 2.24) is 4.90 Å². The molecule has 1 aliphatic heterocycles.